The third-order valence-electron chi connectivity index (χ3n) is 18.7. The maximum atomic E-state index is 12.5. The average molecular weight is 1040 g/mol. The molecular weight excluding hydrogens is 961 g/mol. The van der Waals surface area contributed by atoms with Crippen molar-refractivity contribution in [3.05, 3.63) is 200 Å². The van der Waals surface area contributed by atoms with E-state index < -0.39 is 0 Å². The van der Waals surface area contributed by atoms with Gasteiger partial charge in [0.05, 0.1) is 40.0 Å². The molecule has 4 aliphatic rings. The largest absolute Gasteiger partial charge is 0.494 e. The van der Waals surface area contributed by atoms with Crippen molar-refractivity contribution in [3.8, 4) is 0 Å². The zero-order valence-electron chi connectivity index (χ0n) is 49.9. The fourth-order valence-corrected chi connectivity index (χ4v) is 16.0. The number of aliphatic hydroxyl groups excluding tert-OH is 1. The van der Waals surface area contributed by atoms with Gasteiger partial charge in [-0.3, -0.25) is 4.90 Å². The summed E-state index contributed by atoms with van der Waals surface area (Å²) in [5.74, 6) is 2.25. The summed E-state index contributed by atoms with van der Waals surface area (Å²) in [6, 6.07) is 35.9. The van der Waals surface area contributed by atoms with Crippen molar-refractivity contribution in [2.75, 3.05) is 14.7 Å². The highest BCUT2D eigenvalue weighted by Crippen LogP contribution is 2.61. The predicted octanol–water partition coefficient (Wildman–Crippen LogP) is 21.0. The monoisotopic (exact) mass is 1040 g/mol. The molecule has 8 aromatic rings. The third-order valence-corrected chi connectivity index (χ3v) is 18.7. The van der Waals surface area contributed by atoms with E-state index in [-0.39, 0.29) is 18.0 Å². The van der Waals surface area contributed by atoms with E-state index in [4.69, 9.17) is 0 Å². The molecule has 1 N–H and O–H groups in total. The van der Waals surface area contributed by atoms with Gasteiger partial charge in [0.1, 0.15) is 0 Å². The van der Waals surface area contributed by atoms with Gasteiger partial charge in [0, 0.05) is 61.9 Å². The summed E-state index contributed by atoms with van der Waals surface area (Å²) >= 11 is 0. The van der Waals surface area contributed by atoms with E-state index in [0.717, 1.165) is 36.2 Å². The van der Waals surface area contributed by atoms with Gasteiger partial charge in [0.2, 0.25) is 0 Å². The Labute approximate surface area is 471 Å². The molecule has 0 saturated carbocycles. The van der Waals surface area contributed by atoms with E-state index in [2.05, 4.69) is 245 Å². The molecule has 79 heavy (non-hydrogen) atoms. The summed E-state index contributed by atoms with van der Waals surface area (Å²) < 4.78 is 2.61. The van der Waals surface area contributed by atoms with Crippen LogP contribution >= 0.6 is 0 Å². The molecule has 5 heteroatoms. The molecule has 3 unspecified atom stereocenters. The van der Waals surface area contributed by atoms with Crippen LogP contribution in [0, 0.1) is 39.5 Å². The first-order valence-corrected chi connectivity index (χ1v) is 29.7. The molecule has 5 nitrogen and oxygen atoms in total. The molecule has 2 aliphatic heterocycles. The number of hydrogen-bond donors (Lipinski definition) is 1. The molecule has 0 radical (unpaired) electrons. The van der Waals surface area contributed by atoms with Gasteiger partial charge >= 0.3 is 0 Å². The Morgan fingerprint density at radius 1 is 0.671 bits per heavy atom. The fraction of sp³-hybridized carbons (Fsp3) is 0.351. The highest BCUT2D eigenvalue weighted by Gasteiger charge is 2.48. The molecule has 0 saturated heterocycles. The predicted molar refractivity (Wildman–Crippen MR) is 340 cm³/mol. The normalized spacial score (nSPS) is 18.5. The number of fused-ring (bicyclic) bond motifs is 12. The van der Waals surface area contributed by atoms with Crippen LogP contribution in [-0.4, -0.2) is 21.6 Å². The Morgan fingerprint density at radius 2 is 1.30 bits per heavy atom. The van der Waals surface area contributed by atoms with Gasteiger partial charge < -0.3 is 19.3 Å². The number of para-hydroxylation sites is 1. The first-order chi connectivity index (χ1) is 37.8. The summed E-state index contributed by atoms with van der Waals surface area (Å²) in [6.07, 6.45) is 14.9. The van der Waals surface area contributed by atoms with Gasteiger partial charge in [0.15, 0.2) is 5.88 Å². The van der Waals surface area contributed by atoms with Crippen LogP contribution in [0.4, 0.5) is 34.1 Å². The maximum Gasteiger partial charge on any atom is 0.196 e. The van der Waals surface area contributed by atoms with E-state index >= 15 is 0 Å². The molecule has 0 fully saturated rings. The lowest BCUT2D eigenvalue weighted by molar-refractivity contribution is 0.402. The van der Waals surface area contributed by atoms with Crippen LogP contribution in [0.2, 0.25) is 0 Å². The fourth-order valence-electron chi connectivity index (χ4n) is 16.0. The van der Waals surface area contributed by atoms with Gasteiger partial charge in [-0.25, -0.2) is 0 Å². The number of anilines is 6. The molecule has 6 aromatic carbocycles. The molecular formula is C74H82N4O. The van der Waals surface area contributed by atoms with Crippen LogP contribution in [0.5, 0.6) is 0 Å². The van der Waals surface area contributed by atoms with Crippen LogP contribution in [0.1, 0.15) is 165 Å². The van der Waals surface area contributed by atoms with E-state index in [1.165, 1.54) is 133 Å². The number of rotatable bonds is 12. The number of aromatic nitrogens is 1. The summed E-state index contributed by atoms with van der Waals surface area (Å²) in [7, 11) is 0. The second kappa shape index (κ2) is 19.5. The van der Waals surface area contributed by atoms with Crippen molar-refractivity contribution in [3.63, 3.8) is 0 Å². The lowest BCUT2D eigenvalue weighted by Gasteiger charge is -2.32. The molecule has 0 spiro atoms. The topological polar surface area (TPSA) is 34.4 Å². The Balaban J connectivity index is 1.03. The molecule has 4 heterocycles. The minimum atomic E-state index is 0.0114. The standard InChI is InChI=1S/C74H82N4O/c1-17-56(40(2)3)45(11)35-69(79)76(55-33-49(15)72(43(8)9)50(16)34-55)53-27-29-58-60-21-19-23-62-64-38-67-63(39-68(64)78(74(60)62)66(58)37-53)61-22-18-20-59-57-28-26-52(36-65(57)77(67)73(59)61)75(54-31-47(13)71(42(6)7)48(14)32-54)51-25-24-44(10)70(41(4)5)46(12)30-51/h18,20-22,24-43,51,62,74,79H,17,19,23H2,1-16H3/b56-45+,69-35-. The summed E-state index contributed by atoms with van der Waals surface area (Å²) in [4.78, 5) is 7.36. The van der Waals surface area contributed by atoms with Crippen molar-refractivity contribution in [2.24, 2.45) is 11.8 Å². The van der Waals surface area contributed by atoms with Crippen LogP contribution in [0.15, 0.2) is 155 Å². The van der Waals surface area contributed by atoms with E-state index in [0.29, 0.717) is 29.6 Å². The summed E-state index contributed by atoms with van der Waals surface area (Å²) in [6.45, 7) is 36.3. The minimum Gasteiger partial charge on any atom is -0.494 e. The van der Waals surface area contributed by atoms with Crippen molar-refractivity contribution in [1.82, 2.24) is 4.40 Å². The van der Waals surface area contributed by atoms with Crippen molar-refractivity contribution >= 4 is 77.8 Å². The highest BCUT2D eigenvalue weighted by molar-refractivity contribution is 6.24. The van der Waals surface area contributed by atoms with Gasteiger partial charge in [-0.05, 0) is 219 Å². The summed E-state index contributed by atoms with van der Waals surface area (Å²) in [5.41, 5.74) is 29.5. The zero-order chi connectivity index (χ0) is 55.8. The first kappa shape index (κ1) is 52.5. The van der Waals surface area contributed by atoms with E-state index in [1.54, 1.807) is 0 Å². The molecule has 0 bridgehead atoms. The van der Waals surface area contributed by atoms with Gasteiger partial charge in [-0.2, -0.15) is 0 Å². The average Bonchev–Trinajstić information content (AvgIpc) is 3.03. The molecule has 3 atom stereocenters. The second-order valence-electron chi connectivity index (χ2n) is 25.2. The number of nitrogens with zero attached hydrogens (tertiary/aromatic N) is 4. The Kier molecular flexibility index (Phi) is 13.0. The zero-order valence-corrected chi connectivity index (χ0v) is 49.9. The number of hydrogen-bond acceptors (Lipinski definition) is 4. The molecule has 404 valence electrons. The SMILES string of the molecule is CC/C(=C(C)\C=C(/O)N(c1cc(C)c(C(C)C)c(C)c1)c1ccc2c(c1)N1c3cc4c5cccc6c7ccc(N(c8cc(C)c(C(C)C)c(C)c8)C8C=CC(C)=C(C(C)C)C(C)=C8)cc7n(c4cc3C3CCC=C2C31)c65)C(C)C. The van der Waals surface area contributed by atoms with Gasteiger partial charge in [-0.15, -0.1) is 0 Å². The van der Waals surface area contributed by atoms with Gasteiger partial charge in [-0.1, -0.05) is 123 Å². The van der Waals surface area contributed by atoms with Crippen molar-refractivity contribution in [2.45, 2.75) is 160 Å². The number of aliphatic hydroxyl groups is 1. The molecule has 2 aliphatic carbocycles. The number of aryl methyl sites for hydroxylation is 4. The molecule has 12 rings (SSSR count). The third kappa shape index (κ3) is 8.22. The van der Waals surface area contributed by atoms with E-state index in [9.17, 15) is 5.11 Å². The number of benzene rings is 6. The van der Waals surface area contributed by atoms with Gasteiger partial charge in [0.25, 0.3) is 0 Å². The Hall–Kier alpha value is -7.24. The Morgan fingerprint density at radius 3 is 1.94 bits per heavy atom. The van der Waals surface area contributed by atoms with Crippen LogP contribution < -0.4 is 14.7 Å². The lowest BCUT2D eigenvalue weighted by Crippen LogP contribution is -2.28. The quantitative estimate of drug-likeness (QED) is 0.0977. The highest BCUT2D eigenvalue weighted by atomic mass is 16.3. The molecule has 0 amide bonds. The first-order valence-electron chi connectivity index (χ1n) is 29.7. The smallest absolute Gasteiger partial charge is 0.196 e. The number of allylic oxidation sites excluding steroid dienone is 8. The van der Waals surface area contributed by atoms with Crippen LogP contribution in [0.3, 0.4) is 0 Å². The van der Waals surface area contributed by atoms with Crippen molar-refractivity contribution in [1.29, 1.82) is 0 Å². The van der Waals surface area contributed by atoms with Crippen molar-refractivity contribution < 1.29 is 5.11 Å². The van der Waals surface area contributed by atoms with Crippen LogP contribution in [0.25, 0.3) is 43.7 Å². The second-order valence-corrected chi connectivity index (χ2v) is 25.2. The van der Waals surface area contributed by atoms with E-state index in [1.807, 2.05) is 6.08 Å². The lowest BCUT2D eigenvalue weighted by atomic mass is 9.81. The maximum absolute atomic E-state index is 12.5. The summed E-state index contributed by atoms with van der Waals surface area (Å²) in [5, 5.41) is 17.7. The molecule has 2 aromatic heterocycles. The van der Waals surface area contributed by atoms with Crippen LogP contribution in [-0.2, 0) is 0 Å². The minimum absolute atomic E-state index is 0.0114. The Bertz CT molecular complexity index is 3980.